The minimum Gasteiger partial charge on any atom is -0.384 e. The third kappa shape index (κ3) is 3.45. The first-order valence-electron chi connectivity index (χ1n) is 9.03. The van der Waals surface area contributed by atoms with Crippen LogP contribution in [0.4, 0.5) is 20.7 Å². The number of anilines is 2. The minimum atomic E-state index is -3.81. The molecule has 10 heteroatoms. The molecular formula is C20H18FN5O3S. The van der Waals surface area contributed by atoms with Crippen molar-refractivity contribution in [2.45, 2.75) is 22.5 Å². The van der Waals surface area contributed by atoms with Gasteiger partial charge in [0.1, 0.15) is 16.4 Å². The van der Waals surface area contributed by atoms with Crippen molar-refractivity contribution in [3.8, 4) is 11.4 Å². The molecule has 1 aromatic heterocycles. The van der Waals surface area contributed by atoms with E-state index in [1.807, 2.05) is 0 Å². The Morgan fingerprint density at radius 2 is 1.67 bits per heavy atom. The molecule has 154 valence electrons. The van der Waals surface area contributed by atoms with Gasteiger partial charge in [-0.3, -0.25) is 0 Å². The number of aromatic nitrogens is 2. The largest absolute Gasteiger partial charge is 0.384 e. The van der Waals surface area contributed by atoms with Crippen LogP contribution in [-0.2, 0) is 14.6 Å². The smallest absolute Gasteiger partial charge is 0.316 e. The molecule has 1 fully saturated rings. The van der Waals surface area contributed by atoms with Crippen molar-refractivity contribution in [3.05, 3.63) is 66.1 Å². The SMILES string of the molecule is NC(=O)Nc1ccc(-c2nc(N)cc(C3(S(=O)(=O)c4ccc(F)cc4)CC3)n2)cc1. The van der Waals surface area contributed by atoms with Gasteiger partial charge in [0, 0.05) is 17.3 Å². The molecule has 8 nitrogen and oxygen atoms in total. The Balaban J connectivity index is 1.73. The van der Waals surface area contributed by atoms with Crippen LogP contribution in [0, 0.1) is 5.82 Å². The van der Waals surface area contributed by atoms with Crippen LogP contribution in [0.15, 0.2) is 59.5 Å². The second-order valence-corrected chi connectivity index (χ2v) is 9.28. The average molecular weight is 427 g/mol. The van der Waals surface area contributed by atoms with Gasteiger partial charge in [-0.2, -0.15) is 0 Å². The summed E-state index contributed by atoms with van der Waals surface area (Å²) in [5.74, 6) is -0.118. The van der Waals surface area contributed by atoms with Crippen molar-refractivity contribution in [2.24, 2.45) is 5.73 Å². The normalized spacial score (nSPS) is 14.8. The molecule has 0 bridgehead atoms. The zero-order chi connectivity index (χ0) is 21.5. The maximum Gasteiger partial charge on any atom is 0.316 e. The molecule has 0 atom stereocenters. The lowest BCUT2D eigenvalue weighted by atomic mass is 10.1. The van der Waals surface area contributed by atoms with Crippen molar-refractivity contribution < 1.29 is 17.6 Å². The van der Waals surface area contributed by atoms with E-state index < -0.39 is 26.4 Å². The summed E-state index contributed by atoms with van der Waals surface area (Å²) >= 11 is 0. The quantitative estimate of drug-likeness (QED) is 0.535. The van der Waals surface area contributed by atoms with Gasteiger partial charge in [0.2, 0.25) is 0 Å². The zero-order valence-electron chi connectivity index (χ0n) is 15.7. The number of hydrogen-bond donors (Lipinski definition) is 3. The van der Waals surface area contributed by atoms with Gasteiger partial charge in [0.25, 0.3) is 0 Å². The van der Waals surface area contributed by atoms with Crippen LogP contribution in [0.5, 0.6) is 0 Å². The number of sulfone groups is 1. The number of carbonyl (C=O) groups is 1. The maximum atomic E-state index is 13.3. The number of nitrogens with two attached hydrogens (primary N) is 2. The lowest BCUT2D eigenvalue weighted by molar-refractivity contribution is 0.259. The van der Waals surface area contributed by atoms with E-state index in [0.717, 1.165) is 12.1 Å². The van der Waals surface area contributed by atoms with Gasteiger partial charge in [-0.05, 0) is 61.4 Å². The minimum absolute atomic E-state index is 0.0296. The van der Waals surface area contributed by atoms with Gasteiger partial charge >= 0.3 is 6.03 Å². The van der Waals surface area contributed by atoms with Crippen molar-refractivity contribution in [1.29, 1.82) is 0 Å². The number of primary amides is 1. The molecule has 2 amide bonds. The highest BCUT2D eigenvalue weighted by Gasteiger charge is 2.57. The summed E-state index contributed by atoms with van der Waals surface area (Å²) in [6, 6.07) is 12.1. The highest BCUT2D eigenvalue weighted by atomic mass is 32.2. The molecule has 1 aliphatic carbocycles. The van der Waals surface area contributed by atoms with Crippen molar-refractivity contribution in [2.75, 3.05) is 11.1 Å². The van der Waals surface area contributed by atoms with Gasteiger partial charge < -0.3 is 16.8 Å². The van der Waals surface area contributed by atoms with Gasteiger partial charge in [-0.15, -0.1) is 0 Å². The summed E-state index contributed by atoms with van der Waals surface area (Å²) in [5.41, 5.74) is 12.4. The predicted molar refractivity (Wildman–Crippen MR) is 110 cm³/mol. The van der Waals surface area contributed by atoms with Crippen molar-refractivity contribution in [1.82, 2.24) is 9.97 Å². The second-order valence-electron chi connectivity index (χ2n) is 7.02. The number of rotatable bonds is 5. The Morgan fingerprint density at radius 3 is 2.23 bits per heavy atom. The summed E-state index contributed by atoms with van der Waals surface area (Å²) in [5, 5.41) is 2.45. The van der Waals surface area contributed by atoms with Crippen LogP contribution in [0.3, 0.4) is 0 Å². The van der Waals surface area contributed by atoms with Gasteiger partial charge in [-0.1, -0.05) is 0 Å². The van der Waals surface area contributed by atoms with Gasteiger partial charge in [0.15, 0.2) is 15.7 Å². The third-order valence-electron chi connectivity index (χ3n) is 4.97. The Morgan fingerprint density at radius 1 is 1.03 bits per heavy atom. The van der Waals surface area contributed by atoms with E-state index in [0.29, 0.717) is 29.8 Å². The number of halogens is 1. The molecule has 1 saturated carbocycles. The van der Waals surface area contributed by atoms with Gasteiger partial charge in [-0.25, -0.2) is 27.6 Å². The van der Waals surface area contributed by atoms with Crippen LogP contribution in [0.1, 0.15) is 18.5 Å². The first-order valence-corrected chi connectivity index (χ1v) is 10.5. The molecule has 30 heavy (non-hydrogen) atoms. The predicted octanol–water partition coefficient (Wildman–Crippen LogP) is 2.82. The average Bonchev–Trinajstić information content (AvgIpc) is 3.51. The molecule has 4 rings (SSSR count). The summed E-state index contributed by atoms with van der Waals surface area (Å²) in [6.07, 6.45) is 0.758. The molecule has 0 spiro atoms. The van der Waals surface area contributed by atoms with E-state index >= 15 is 0 Å². The molecule has 3 aromatic rings. The Labute approximate surface area is 172 Å². The number of urea groups is 1. The first-order chi connectivity index (χ1) is 14.2. The van der Waals surface area contributed by atoms with Crippen LogP contribution < -0.4 is 16.8 Å². The van der Waals surface area contributed by atoms with E-state index in [2.05, 4.69) is 15.3 Å². The number of carbonyl (C=O) groups excluding carboxylic acids is 1. The molecule has 1 heterocycles. The molecule has 0 unspecified atom stereocenters. The maximum absolute atomic E-state index is 13.3. The highest BCUT2D eigenvalue weighted by molar-refractivity contribution is 7.92. The zero-order valence-corrected chi connectivity index (χ0v) is 16.5. The van der Waals surface area contributed by atoms with Crippen LogP contribution >= 0.6 is 0 Å². The van der Waals surface area contributed by atoms with Crippen LogP contribution in [0.25, 0.3) is 11.4 Å². The Hall–Kier alpha value is -3.53. The van der Waals surface area contributed by atoms with Crippen molar-refractivity contribution >= 4 is 27.4 Å². The van der Waals surface area contributed by atoms with E-state index in [4.69, 9.17) is 11.5 Å². The molecule has 1 aliphatic rings. The monoisotopic (exact) mass is 427 g/mol. The molecule has 0 radical (unpaired) electrons. The van der Waals surface area contributed by atoms with E-state index in [-0.39, 0.29) is 16.5 Å². The molecular weight excluding hydrogens is 409 g/mol. The lowest BCUT2D eigenvalue weighted by Crippen LogP contribution is -2.23. The van der Waals surface area contributed by atoms with Crippen molar-refractivity contribution in [3.63, 3.8) is 0 Å². The van der Waals surface area contributed by atoms with E-state index in [1.165, 1.54) is 18.2 Å². The van der Waals surface area contributed by atoms with E-state index in [9.17, 15) is 17.6 Å². The molecule has 2 aromatic carbocycles. The molecule has 5 N–H and O–H groups in total. The highest BCUT2D eigenvalue weighted by Crippen LogP contribution is 2.54. The third-order valence-corrected chi connectivity index (χ3v) is 7.50. The fraction of sp³-hybridized carbons (Fsp3) is 0.150. The number of benzene rings is 2. The summed E-state index contributed by atoms with van der Waals surface area (Å²) in [7, 11) is -3.81. The second kappa shape index (κ2) is 7.06. The standard InChI is InChI=1S/C20H18FN5O3S/c21-13-3-7-15(8-4-13)30(28,29)20(9-10-20)16-11-17(22)26-18(25-16)12-1-5-14(6-2-12)24-19(23)27/h1-8,11H,9-10H2,(H2,22,25,26)(H3,23,24,27). The lowest BCUT2D eigenvalue weighted by Gasteiger charge is -2.17. The molecule has 0 aliphatic heterocycles. The summed E-state index contributed by atoms with van der Waals surface area (Å²) < 4.78 is 38.5. The summed E-state index contributed by atoms with van der Waals surface area (Å²) in [6.45, 7) is 0. The van der Waals surface area contributed by atoms with Crippen LogP contribution in [-0.4, -0.2) is 24.4 Å². The van der Waals surface area contributed by atoms with Gasteiger partial charge in [0.05, 0.1) is 10.6 Å². The number of nitrogens with zero attached hydrogens (tertiary/aromatic N) is 2. The molecule has 0 saturated heterocycles. The number of nitrogen functional groups attached to an aromatic ring is 1. The van der Waals surface area contributed by atoms with Crippen LogP contribution in [0.2, 0.25) is 0 Å². The number of nitrogens with one attached hydrogen (secondary N) is 1. The fourth-order valence-corrected chi connectivity index (χ4v) is 5.25. The number of amides is 2. The van der Waals surface area contributed by atoms with E-state index in [1.54, 1.807) is 24.3 Å². The topological polar surface area (TPSA) is 141 Å². The Kier molecular flexibility index (Phi) is 4.65. The number of hydrogen-bond acceptors (Lipinski definition) is 6. The summed E-state index contributed by atoms with van der Waals surface area (Å²) in [4.78, 5) is 19.7. The fourth-order valence-electron chi connectivity index (χ4n) is 3.29. The Bertz CT molecular complexity index is 1220. The first kappa shape index (κ1) is 19.8.